The number of aromatic nitrogens is 3. The van der Waals surface area contributed by atoms with Crippen molar-refractivity contribution in [2.45, 2.75) is 12.8 Å². The Morgan fingerprint density at radius 3 is 2.65 bits per heavy atom. The van der Waals surface area contributed by atoms with Crippen LogP contribution < -0.4 is 15.4 Å². The Labute approximate surface area is 215 Å². The van der Waals surface area contributed by atoms with Crippen molar-refractivity contribution in [3.8, 4) is 17.6 Å². The van der Waals surface area contributed by atoms with Crippen LogP contribution in [-0.4, -0.2) is 78.4 Å². The molecule has 5 rings (SSSR count). The maximum absolute atomic E-state index is 11.9. The van der Waals surface area contributed by atoms with Gasteiger partial charge >= 0.3 is 0 Å². The van der Waals surface area contributed by atoms with Gasteiger partial charge in [-0.05, 0) is 23.8 Å². The molecule has 1 fully saturated rings. The van der Waals surface area contributed by atoms with E-state index in [0.29, 0.717) is 25.3 Å². The number of fused-ring (bicyclic) bond motifs is 1. The van der Waals surface area contributed by atoms with E-state index in [9.17, 15) is 9.59 Å². The molecule has 0 bridgehead atoms. The number of benzene rings is 2. The number of H-pyrrole nitrogens is 1. The first-order valence-corrected chi connectivity index (χ1v) is 12.1. The molecule has 3 aromatic rings. The van der Waals surface area contributed by atoms with E-state index in [4.69, 9.17) is 15.2 Å². The number of nitrogens with zero attached hydrogens (tertiary/aromatic N) is 4. The minimum absolute atomic E-state index is 0.0286. The zero-order chi connectivity index (χ0) is 26.0. The summed E-state index contributed by atoms with van der Waals surface area (Å²) in [6.45, 7) is 4.60. The van der Waals surface area contributed by atoms with E-state index < -0.39 is 5.91 Å². The quantitative estimate of drug-likeness (QED) is 0.519. The molecule has 0 atom stereocenters. The van der Waals surface area contributed by atoms with Crippen molar-refractivity contribution in [1.82, 2.24) is 20.1 Å². The standard InChI is InChI=1S/C17H20N2O3.C10H10N4O/c1-18-15-13-14(3-2-7-19-8-11-21-12-9-19)4-5-16(15)22-10-6-17(18)20;11-9(15)10-12-8(13-14-10)6-7-4-2-1-3-5-7/h4-5,13H,6-12H2,1H3;1-5H,6H2,(H2,11,15)(H,12,13,14). The number of carbonyl (C=O) groups excluding carboxylic acids is 2. The maximum atomic E-state index is 11.9. The van der Waals surface area contributed by atoms with Crippen LogP contribution in [0.2, 0.25) is 0 Å². The fourth-order valence-electron chi connectivity index (χ4n) is 3.82. The first kappa shape index (κ1) is 25.9. The van der Waals surface area contributed by atoms with Crippen LogP contribution in [0.1, 0.15) is 34.0 Å². The van der Waals surface area contributed by atoms with Crippen LogP contribution >= 0.6 is 0 Å². The summed E-state index contributed by atoms with van der Waals surface area (Å²) >= 11 is 0. The summed E-state index contributed by atoms with van der Waals surface area (Å²) in [5, 5.41) is 6.37. The van der Waals surface area contributed by atoms with E-state index in [-0.39, 0.29) is 11.7 Å². The van der Waals surface area contributed by atoms with Gasteiger partial charge in [0.15, 0.2) is 0 Å². The van der Waals surface area contributed by atoms with Gasteiger partial charge in [-0.3, -0.25) is 19.6 Å². The highest BCUT2D eigenvalue weighted by molar-refractivity contribution is 5.95. The molecule has 0 saturated carbocycles. The Morgan fingerprint density at radius 2 is 1.92 bits per heavy atom. The number of morpholine rings is 1. The zero-order valence-electron chi connectivity index (χ0n) is 20.8. The molecule has 192 valence electrons. The summed E-state index contributed by atoms with van der Waals surface area (Å²) in [5.74, 6) is 7.22. The summed E-state index contributed by atoms with van der Waals surface area (Å²) in [4.78, 5) is 30.5. The molecule has 2 amide bonds. The monoisotopic (exact) mass is 502 g/mol. The van der Waals surface area contributed by atoms with Crippen LogP contribution in [0.5, 0.6) is 5.75 Å². The largest absolute Gasteiger partial charge is 0.491 e. The molecule has 0 aliphatic carbocycles. The third-order valence-corrected chi connectivity index (χ3v) is 5.87. The molecule has 0 spiro atoms. The molecule has 3 N–H and O–H groups in total. The Bertz CT molecular complexity index is 1270. The summed E-state index contributed by atoms with van der Waals surface area (Å²) in [6.07, 6.45) is 1.02. The molecule has 1 saturated heterocycles. The molecule has 3 heterocycles. The number of carbonyl (C=O) groups is 2. The molecule has 2 aromatic carbocycles. The van der Waals surface area contributed by atoms with Gasteiger partial charge in [0, 0.05) is 32.1 Å². The number of nitrogens with one attached hydrogen (secondary N) is 1. The van der Waals surface area contributed by atoms with Crippen LogP contribution in [0.4, 0.5) is 5.69 Å². The van der Waals surface area contributed by atoms with Crippen molar-refractivity contribution in [3.05, 3.63) is 71.3 Å². The first-order chi connectivity index (χ1) is 18.0. The number of ether oxygens (including phenoxy) is 2. The molecule has 37 heavy (non-hydrogen) atoms. The fourth-order valence-corrected chi connectivity index (χ4v) is 3.82. The molecular weight excluding hydrogens is 472 g/mol. The van der Waals surface area contributed by atoms with Crippen molar-refractivity contribution in [2.24, 2.45) is 5.73 Å². The number of rotatable bonds is 4. The first-order valence-electron chi connectivity index (χ1n) is 12.1. The molecular formula is C27H30N6O4. The second-order valence-electron chi connectivity index (χ2n) is 8.56. The van der Waals surface area contributed by atoms with Gasteiger partial charge in [-0.2, -0.15) is 0 Å². The van der Waals surface area contributed by atoms with Gasteiger partial charge in [-0.15, -0.1) is 5.10 Å². The highest BCUT2D eigenvalue weighted by Gasteiger charge is 2.20. The lowest BCUT2D eigenvalue weighted by molar-refractivity contribution is -0.118. The third kappa shape index (κ3) is 7.39. The van der Waals surface area contributed by atoms with Crippen molar-refractivity contribution in [1.29, 1.82) is 0 Å². The lowest BCUT2D eigenvalue weighted by atomic mass is 10.1. The molecule has 2 aliphatic rings. The predicted molar refractivity (Wildman–Crippen MR) is 138 cm³/mol. The summed E-state index contributed by atoms with van der Waals surface area (Å²) in [6, 6.07) is 15.5. The van der Waals surface area contributed by atoms with Crippen molar-refractivity contribution in [2.75, 3.05) is 51.4 Å². The Kier molecular flexibility index (Phi) is 8.86. The van der Waals surface area contributed by atoms with Gasteiger partial charge < -0.3 is 20.1 Å². The van der Waals surface area contributed by atoms with Gasteiger partial charge in [0.2, 0.25) is 11.7 Å². The number of hydrogen-bond donors (Lipinski definition) is 2. The van der Waals surface area contributed by atoms with Crippen LogP contribution in [0.15, 0.2) is 48.5 Å². The smallest absolute Gasteiger partial charge is 0.288 e. The minimum Gasteiger partial charge on any atom is -0.491 e. The Balaban J connectivity index is 0.000000186. The Hall–Kier alpha value is -4.20. The maximum Gasteiger partial charge on any atom is 0.288 e. The minimum atomic E-state index is -0.620. The summed E-state index contributed by atoms with van der Waals surface area (Å²) < 4.78 is 10.9. The summed E-state index contributed by atoms with van der Waals surface area (Å²) in [7, 11) is 1.78. The highest BCUT2D eigenvalue weighted by Crippen LogP contribution is 2.31. The molecule has 1 aromatic heterocycles. The zero-order valence-corrected chi connectivity index (χ0v) is 20.8. The molecule has 0 radical (unpaired) electrons. The second-order valence-corrected chi connectivity index (χ2v) is 8.56. The van der Waals surface area contributed by atoms with Crippen molar-refractivity contribution in [3.63, 3.8) is 0 Å². The fraction of sp³-hybridized carbons (Fsp3) is 0.333. The van der Waals surface area contributed by atoms with Gasteiger partial charge in [0.1, 0.15) is 11.6 Å². The predicted octanol–water partition coefficient (Wildman–Crippen LogP) is 1.61. The average molecular weight is 503 g/mol. The molecule has 10 nitrogen and oxygen atoms in total. The van der Waals surface area contributed by atoms with Crippen LogP contribution in [0.3, 0.4) is 0 Å². The van der Waals surface area contributed by atoms with Gasteiger partial charge in [0.05, 0.1) is 38.5 Å². The number of hydrogen-bond acceptors (Lipinski definition) is 7. The van der Waals surface area contributed by atoms with Crippen molar-refractivity contribution >= 4 is 17.5 Å². The van der Waals surface area contributed by atoms with E-state index >= 15 is 0 Å². The Morgan fingerprint density at radius 1 is 1.14 bits per heavy atom. The van der Waals surface area contributed by atoms with E-state index in [1.54, 1.807) is 11.9 Å². The van der Waals surface area contributed by atoms with Gasteiger partial charge in [-0.1, -0.05) is 42.2 Å². The van der Waals surface area contributed by atoms with Crippen LogP contribution in [0, 0.1) is 11.8 Å². The normalized spacial score (nSPS) is 15.3. The molecule has 10 heteroatoms. The number of primary amides is 1. The number of aromatic amines is 1. The van der Waals surface area contributed by atoms with Crippen LogP contribution in [-0.2, 0) is 16.0 Å². The van der Waals surface area contributed by atoms with E-state index in [2.05, 4.69) is 31.9 Å². The van der Waals surface area contributed by atoms with E-state index in [1.165, 1.54) is 0 Å². The third-order valence-electron chi connectivity index (χ3n) is 5.87. The van der Waals surface area contributed by atoms with Gasteiger partial charge in [-0.25, -0.2) is 4.98 Å². The lowest BCUT2D eigenvalue weighted by Gasteiger charge is -2.24. The highest BCUT2D eigenvalue weighted by atomic mass is 16.5. The lowest BCUT2D eigenvalue weighted by Crippen LogP contribution is -2.36. The SMILES string of the molecule is CN1C(=O)CCOc2ccc(C#CCN3CCOCC3)cc21.NC(=O)c1n[nH]c(Cc2ccccc2)n1. The second kappa shape index (κ2) is 12.7. The number of amides is 2. The van der Waals surface area contributed by atoms with E-state index in [0.717, 1.165) is 55.4 Å². The molecule has 2 aliphatic heterocycles. The number of anilines is 1. The molecule has 0 unspecified atom stereocenters. The van der Waals surface area contributed by atoms with Gasteiger partial charge in [0.25, 0.3) is 5.91 Å². The topological polar surface area (TPSA) is 127 Å². The van der Waals surface area contributed by atoms with E-state index in [1.807, 2.05) is 48.5 Å². The number of nitrogens with two attached hydrogens (primary N) is 1. The van der Waals surface area contributed by atoms with Crippen LogP contribution in [0.25, 0.3) is 0 Å². The summed E-state index contributed by atoms with van der Waals surface area (Å²) in [5.41, 5.74) is 7.83. The average Bonchev–Trinajstić information content (AvgIpc) is 3.34. The van der Waals surface area contributed by atoms with Crippen molar-refractivity contribution < 1.29 is 19.1 Å².